The van der Waals surface area contributed by atoms with Gasteiger partial charge in [-0.25, -0.2) is 0 Å². The van der Waals surface area contributed by atoms with Crippen molar-refractivity contribution in [3.8, 4) is 0 Å². The molecule has 1 aliphatic rings. The highest BCUT2D eigenvalue weighted by atomic mass is 35.5. The third-order valence-electron chi connectivity index (χ3n) is 3.80. The molecule has 4 nitrogen and oxygen atoms in total. The fourth-order valence-electron chi connectivity index (χ4n) is 2.23. The van der Waals surface area contributed by atoms with Crippen LogP contribution in [0.4, 0.5) is 0 Å². The molecule has 1 heterocycles. The van der Waals surface area contributed by atoms with Crippen molar-refractivity contribution in [3.05, 3.63) is 42.0 Å². The lowest BCUT2D eigenvalue weighted by Crippen LogP contribution is -2.44. The van der Waals surface area contributed by atoms with E-state index in [0.29, 0.717) is 11.7 Å². The summed E-state index contributed by atoms with van der Waals surface area (Å²) in [7, 11) is 0. The van der Waals surface area contributed by atoms with Crippen molar-refractivity contribution < 1.29 is 4.52 Å². The van der Waals surface area contributed by atoms with Gasteiger partial charge >= 0.3 is 0 Å². The van der Waals surface area contributed by atoms with Crippen molar-refractivity contribution in [3.63, 3.8) is 0 Å². The van der Waals surface area contributed by atoms with Crippen LogP contribution in [0.3, 0.4) is 0 Å². The van der Waals surface area contributed by atoms with Gasteiger partial charge < -0.3 is 10.3 Å². The van der Waals surface area contributed by atoms with Crippen LogP contribution in [0.1, 0.15) is 43.8 Å². The molecule has 0 bridgehead atoms. The van der Waals surface area contributed by atoms with E-state index in [-0.39, 0.29) is 23.9 Å². The predicted molar refractivity (Wildman–Crippen MR) is 86.8 cm³/mol. The fourth-order valence-corrected chi connectivity index (χ4v) is 3.16. The highest BCUT2D eigenvalue weighted by molar-refractivity contribution is 7.99. The monoisotopic (exact) mass is 325 g/mol. The van der Waals surface area contributed by atoms with Gasteiger partial charge in [-0.2, -0.15) is 4.98 Å². The molecule has 1 saturated carbocycles. The summed E-state index contributed by atoms with van der Waals surface area (Å²) in [5.74, 6) is 2.52. The van der Waals surface area contributed by atoms with E-state index in [0.717, 1.165) is 25.0 Å². The molecule has 0 spiro atoms. The van der Waals surface area contributed by atoms with Crippen LogP contribution in [0.15, 0.2) is 39.8 Å². The first kappa shape index (κ1) is 16.3. The fraction of sp³-hybridized carbons (Fsp3) is 0.467. The number of benzene rings is 1. The van der Waals surface area contributed by atoms with Gasteiger partial charge in [-0.1, -0.05) is 30.3 Å². The molecule has 0 saturated heterocycles. The lowest BCUT2D eigenvalue weighted by atomic mass is 9.77. The van der Waals surface area contributed by atoms with Crippen LogP contribution in [0.5, 0.6) is 0 Å². The highest BCUT2D eigenvalue weighted by Crippen LogP contribution is 2.37. The van der Waals surface area contributed by atoms with Crippen LogP contribution in [0.25, 0.3) is 0 Å². The zero-order valence-corrected chi connectivity index (χ0v) is 13.6. The van der Waals surface area contributed by atoms with Gasteiger partial charge in [-0.15, -0.1) is 24.2 Å². The minimum Gasteiger partial charge on any atom is -0.339 e. The van der Waals surface area contributed by atoms with Crippen molar-refractivity contribution in [1.82, 2.24) is 10.1 Å². The van der Waals surface area contributed by atoms with Crippen molar-refractivity contribution in [2.24, 2.45) is 5.73 Å². The number of hydrogen-bond acceptors (Lipinski definition) is 5. The van der Waals surface area contributed by atoms with Gasteiger partial charge in [0.05, 0.1) is 5.54 Å². The summed E-state index contributed by atoms with van der Waals surface area (Å²) >= 11 is 1.80. The third-order valence-corrected chi connectivity index (χ3v) is 5.07. The molecule has 21 heavy (non-hydrogen) atoms. The molecule has 2 N–H and O–H groups in total. The summed E-state index contributed by atoms with van der Waals surface area (Å²) in [6, 6.07) is 10.3. The maximum absolute atomic E-state index is 6.21. The van der Waals surface area contributed by atoms with E-state index in [1.807, 2.05) is 18.2 Å². The quantitative estimate of drug-likeness (QED) is 0.849. The number of hydrogen-bond donors (Lipinski definition) is 1. The van der Waals surface area contributed by atoms with Gasteiger partial charge in [-0.05, 0) is 31.4 Å². The lowest BCUT2D eigenvalue weighted by molar-refractivity contribution is 0.228. The van der Waals surface area contributed by atoms with Gasteiger partial charge in [0, 0.05) is 16.6 Å². The van der Waals surface area contributed by atoms with Crippen molar-refractivity contribution in [1.29, 1.82) is 0 Å². The van der Waals surface area contributed by atoms with Gasteiger partial charge in [0.25, 0.3) is 0 Å². The predicted octanol–water partition coefficient (Wildman–Crippen LogP) is 3.73. The molecule has 1 aromatic heterocycles. The van der Waals surface area contributed by atoms with Crippen LogP contribution in [0.2, 0.25) is 0 Å². The molecule has 2 aromatic rings. The first-order chi connectivity index (χ1) is 9.67. The van der Waals surface area contributed by atoms with Gasteiger partial charge in [0.2, 0.25) is 5.89 Å². The number of nitrogens with two attached hydrogens (primary N) is 1. The molecule has 6 heteroatoms. The van der Waals surface area contributed by atoms with Crippen molar-refractivity contribution in [2.45, 2.75) is 42.5 Å². The summed E-state index contributed by atoms with van der Waals surface area (Å²) in [4.78, 5) is 5.76. The molecule has 1 fully saturated rings. The van der Waals surface area contributed by atoms with E-state index in [1.165, 1.54) is 4.90 Å². The summed E-state index contributed by atoms with van der Waals surface area (Å²) in [5.41, 5.74) is 5.87. The largest absolute Gasteiger partial charge is 0.339 e. The van der Waals surface area contributed by atoms with Gasteiger partial charge in [0.1, 0.15) is 0 Å². The molecule has 3 rings (SSSR count). The molecule has 1 aromatic carbocycles. The second-order valence-corrected chi connectivity index (χ2v) is 6.58. The van der Waals surface area contributed by atoms with Crippen LogP contribution in [-0.4, -0.2) is 15.9 Å². The summed E-state index contributed by atoms with van der Waals surface area (Å²) < 4.78 is 5.38. The Hall–Kier alpha value is -1.04. The zero-order chi connectivity index (χ0) is 14.0. The van der Waals surface area contributed by atoms with Gasteiger partial charge in [0.15, 0.2) is 5.82 Å². The van der Waals surface area contributed by atoms with Crippen molar-refractivity contribution >= 4 is 24.2 Å². The summed E-state index contributed by atoms with van der Waals surface area (Å²) in [6.45, 7) is 2.11. The Kier molecular flexibility index (Phi) is 5.30. The number of aromatic nitrogens is 2. The van der Waals surface area contributed by atoms with E-state index < -0.39 is 0 Å². The molecule has 1 atom stereocenters. The third kappa shape index (κ3) is 3.59. The topological polar surface area (TPSA) is 64.9 Å². The minimum atomic E-state index is -0.339. The lowest BCUT2D eigenvalue weighted by Gasteiger charge is -2.34. The maximum Gasteiger partial charge on any atom is 0.230 e. The first-order valence-electron chi connectivity index (χ1n) is 6.98. The number of thioether (sulfide) groups is 1. The zero-order valence-electron chi connectivity index (χ0n) is 12.0. The Morgan fingerprint density at radius 2 is 2.05 bits per heavy atom. The Morgan fingerprint density at radius 3 is 2.67 bits per heavy atom. The molecule has 1 aliphatic carbocycles. The Labute approximate surface area is 135 Å². The SMILES string of the molecule is CC(CSc1ccccc1)c1nc(C2(N)CCC2)no1.Cl. The average molecular weight is 326 g/mol. The van der Waals surface area contributed by atoms with E-state index in [9.17, 15) is 0 Å². The maximum atomic E-state index is 6.21. The number of rotatable bonds is 5. The summed E-state index contributed by atoms with van der Waals surface area (Å²) in [5, 5.41) is 4.07. The highest BCUT2D eigenvalue weighted by Gasteiger charge is 2.39. The normalized spacial score (nSPS) is 17.6. The smallest absolute Gasteiger partial charge is 0.230 e. The number of nitrogens with zero attached hydrogens (tertiary/aromatic N) is 2. The Balaban J connectivity index is 0.00000161. The second kappa shape index (κ2) is 6.81. The first-order valence-corrected chi connectivity index (χ1v) is 7.97. The molecular weight excluding hydrogens is 306 g/mol. The van der Waals surface area contributed by atoms with E-state index in [4.69, 9.17) is 10.3 Å². The second-order valence-electron chi connectivity index (χ2n) is 5.49. The molecule has 1 unspecified atom stereocenters. The standard InChI is InChI=1S/C15H19N3OS.ClH/c1-11(10-20-12-6-3-2-4-7-12)13-17-14(18-19-13)15(16)8-5-9-15;/h2-4,6-7,11H,5,8-10,16H2,1H3;1H. The molecular formula is C15H20ClN3OS. The molecule has 0 radical (unpaired) electrons. The summed E-state index contributed by atoms with van der Waals surface area (Å²) in [6.07, 6.45) is 3.07. The van der Waals surface area contributed by atoms with Gasteiger partial charge in [-0.3, -0.25) is 0 Å². The van der Waals surface area contributed by atoms with E-state index in [2.05, 4.69) is 29.2 Å². The molecule has 0 amide bonds. The average Bonchev–Trinajstić information content (AvgIpc) is 2.93. The Morgan fingerprint density at radius 1 is 1.33 bits per heavy atom. The van der Waals surface area contributed by atoms with Crippen LogP contribution >= 0.6 is 24.2 Å². The van der Waals surface area contributed by atoms with E-state index in [1.54, 1.807) is 11.8 Å². The molecule has 114 valence electrons. The van der Waals surface area contributed by atoms with Crippen molar-refractivity contribution in [2.75, 3.05) is 5.75 Å². The van der Waals surface area contributed by atoms with E-state index >= 15 is 0 Å². The number of halogens is 1. The van der Waals surface area contributed by atoms with Crippen LogP contribution in [-0.2, 0) is 5.54 Å². The van der Waals surface area contributed by atoms with Crippen LogP contribution in [0, 0.1) is 0 Å². The molecule has 0 aliphatic heterocycles. The van der Waals surface area contributed by atoms with Crippen LogP contribution < -0.4 is 5.73 Å². The Bertz CT molecular complexity index is 571. The minimum absolute atomic E-state index is 0.